The van der Waals surface area contributed by atoms with Crippen molar-refractivity contribution in [1.29, 1.82) is 0 Å². The first-order chi connectivity index (χ1) is 9.65. The predicted octanol–water partition coefficient (Wildman–Crippen LogP) is 1.93. The summed E-state index contributed by atoms with van der Waals surface area (Å²) in [5.41, 5.74) is 8.38. The van der Waals surface area contributed by atoms with Crippen molar-refractivity contribution in [3.8, 4) is 0 Å². The van der Waals surface area contributed by atoms with E-state index in [4.69, 9.17) is 10.2 Å². The number of hydrogen-bond donors (Lipinski definition) is 1. The number of nitrogen functional groups attached to an aromatic ring is 1. The fourth-order valence-corrected chi connectivity index (χ4v) is 2.84. The zero-order valence-electron chi connectivity index (χ0n) is 10.9. The zero-order chi connectivity index (χ0) is 14.1. The molecule has 0 aliphatic rings. The molecule has 2 aromatic heterocycles. The highest BCUT2D eigenvalue weighted by molar-refractivity contribution is 7.84. The van der Waals surface area contributed by atoms with Gasteiger partial charge in [0.05, 0.1) is 11.9 Å². The number of benzene rings is 1. The van der Waals surface area contributed by atoms with E-state index in [1.165, 1.54) is 0 Å². The third-order valence-corrected chi connectivity index (χ3v) is 4.06. The molecule has 3 aromatic rings. The second-order valence-corrected chi connectivity index (χ2v) is 5.73. The van der Waals surface area contributed by atoms with Crippen molar-refractivity contribution in [3.05, 3.63) is 36.2 Å². The minimum atomic E-state index is -1.33. The fraction of sp³-hybridized carbons (Fsp3) is 0.231. The van der Waals surface area contributed by atoms with E-state index >= 15 is 0 Å². The zero-order valence-corrected chi connectivity index (χ0v) is 11.8. The first-order valence-electron chi connectivity index (χ1n) is 6.21. The molecule has 0 saturated carbocycles. The lowest BCUT2D eigenvalue weighted by Crippen LogP contribution is -1.96. The van der Waals surface area contributed by atoms with Crippen LogP contribution < -0.4 is 5.73 Å². The van der Waals surface area contributed by atoms with Gasteiger partial charge in [-0.05, 0) is 19.1 Å². The average molecular weight is 290 g/mol. The van der Waals surface area contributed by atoms with Crippen LogP contribution >= 0.6 is 0 Å². The number of aromatic nitrogens is 3. The first-order valence-corrected chi connectivity index (χ1v) is 7.53. The van der Waals surface area contributed by atoms with E-state index in [1.807, 2.05) is 13.1 Å². The van der Waals surface area contributed by atoms with Crippen molar-refractivity contribution in [2.45, 2.75) is 24.4 Å². The van der Waals surface area contributed by atoms with Crippen molar-refractivity contribution < 1.29 is 8.63 Å². The van der Waals surface area contributed by atoms with Crippen molar-refractivity contribution in [3.63, 3.8) is 0 Å². The van der Waals surface area contributed by atoms with Crippen LogP contribution in [0, 0.1) is 0 Å². The van der Waals surface area contributed by atoms with Gasteiger partial charge in [-0.15, -0.1) is 0 Å². The van der Waals surface area contributed by atoms with Gasteiger partial charge in [-0.1, -0.05) is 0 Å². The average Bonchev–Trinajstić information content (AvgIpc) is 3.04. The maximum atomic E-state index is 12.3. The number of aryl methyl sites for hydroxylation is 1. The highest BCUT2D eigenvalue weighted by Crippen LogP contribution is 2.21. The second-order valence-electron chi connectivity index (χ2n) is 4.40. The maximum Gasteiger partial charge on any atom is 0.288 e. The van der Waals surface area contributed by atoms with Crippen LogP contribution in [0.1, 0.15) is 12.5 Å². The van der Waals surface area contributed by atoms with Crippen LogP contribution in [-0.4, -0.2) is 19.0 Å². The molecular formula is C13H14N4O2S. The molecule has 0 aliphatic heterocycles. The van der Waals surface area contributed by atoms with Crippen LogP contribution in [0.4, 0.5) is 5.69 Å². The molecule has 0 amide bonds. The van der Waals surface area contributed by atoms with E-state index in [9.17, 15) is 4.21 Å². The predicted molar refractivity (Wildman–Crippen MR) is 76.4 cm³/mol. The summed E-state index contributed by atoms with van der Waals surface area (Å²) in [4.78, 5) is 4.23. The highest BCUT2D eigenvalue weighted by Gasteiger charge is 2.14. The smallest absolute Gasteiger partial charge is 0.288 e. The summed E-state index contributed by atoms with van der Waals surface area (Å²) in [5.74, 6) is 0.336. The number of anilines is 1. The van der Waals surface area contributed by atoms with E-state index in [1.54, 1.807) is 29.1 Å². The molecule has 0 saturated heterocycles. The Hall–Kier alpha value is -2.15. The standard InChI is InChI=1S/C13H14N4O2S/c1-2-17-7-9(6-15-17)8-20(18)13-16-11-4-3-10(14)5-12(11)19-13/h3-7H,2,8,14H2,1H3. The Morgan fingerprint density at radius 1 is 1.45 bits per heavy atom. The summed E-state index contributed by atoms with van der Waals surface area (Å²) >= 11 is 0. The molecule has 1 aromatic carbocycles. The van der Waals surface area contributed by atoms with Crippen molar-refractivity contribution in [2.24, 2.45) is 0 Å². The highest BCUT2D eigenvalue weighted by atomic mass is 32.2. The quantitative estimate of drug-likeness (QED) is 0.742. The molecule has 0 spiro atoms. The van der Waals surface area contributed by atoms with Gasteiger partial charge in [0.2, 0.25) is 0 Å². The molecule has 0 bridgehead atoms. The lowest BCUT2D eigenvalue weighted by molar-refractivity contribution is 0.477. The van der Waals surface area contributed by atoms with Gasteiger partial charge >= 0.3 is 0 Å². The van der Waals surface area contributed by atoms with Gasteiger partial charge in [-0.25, -0.2) is 9.19 Å². The number of fused-ring (bicyclic) bond motifs is 1. The van der Waals surface area contributed by atoms with Gasteiger partial charge in [0.25, 0.3) is 5.22 Å². The van der Waals surface area contributed by atoms with E-state index in [0.29, 0.717) is 22.5 Å². The second kappa shape index (κ2) is 5.09. The summed E-state index contributed by atoms with van der Waals surface area (Å²) in [6.45, 7) is 2.79. The number of nitrogens with zero attached hydrogens (tertiary/aromatic N) is 3. The lowest BCUT2D eigenvalue weighted by Gasteiger charge is -1.94. The topological polar surface area (TPSA) is 86.9 Å². The fourth-order valence-electron chi connectivity index (χ4n) is 1.88. The summed E-state index contributed by atoms with van der Waals surface area (Å²) < 4.78 is 19.5. The van der Waals surface area contributed by atoms with Crippen LogP contribution in [0.2, 0.25) is 0 Å². The molecule has 1 atom stereocenters. The molecule has 3 rings (SSSR count). The van der Waals surface area contributed by atoms with E-state index in [-0.39, 0.29) is 5.22 Å². The summed E-state index contributed by atoms with van der Waals surface area (Å²) in [6.07, 6.45) is 3.58. The van der Waals surface area contributed by atoms with Gasteiger partial charge < -0.3 is 10.2 Å². The van der Waals surface area contributed by atoms with Gasteiger partial charge in [0, 0.05) is 30.1 Å². The third kappa shape index (κ3) is 2.44. The Morgan fingerprint density at radius 2 is 2.30 bits per heavy atom. The van der Waals surface area contributed by atoms with Gasteiger partial charge in [0.15, 0.2) is 5.58 Å². The van der Waals surface area contributed by atoms with Crippen molar-refractivity contribution in [2.75, 3.05) is 5.73 Å². The number of oxazole rings is 1. The largest absolute Gasteiger partial charge is 0.430 e. The molecule has 0 radical (unpaired) electrons. The molecule has 2 N–H and O–H groups in total. The summed E-state index contributed by atoms with van der Waals surface area (Å²) in [6, 6.07) is 5.17. The number of nitrogens with two attached hydrogens (primary N) is 1. The molecule has 0 fully saturated rings. The summed E-state index contributed by atoms with van der Waals surface area (Å²) in [7, 11) is -1.33. The molecule has 7 heteroatoms. The van der Waals surface area contributed by atoms with Crippen LogP contribution in [0.25, 0.3) is 11.1 Å². The number of hydrogen-bond acceptors (Lipinski definition) is 5. The van der Waals surface area contributed by atoms with Crippen LogP contribution in [-0.2, 0) is 23.1 Å². The van der Waals surface area contributed by atoms with Crippen molar-refractivity contribution >= 4 is 27.6 Å². The van der Waals surface area contributed by atoms with E-state index in [2.05, 4.69) is 10.1 Å². The first kappa shape index (κ1) is 12.9. The maximum absolute atomic E-state index is 12.3. The molecule has 1 unspecified atom stereocenters. The third-order valence-electron chi connectivity index (χ3n) is 2.90. The normalized spacial score (nSPS) is 12.8. The minimum absolute atomic E-state index is 0.217. The van der Waals surface area contributed by atoms with Gasteiger partial charge in [-0.2, -0.15) is 5.10 Å². The SMILES string of the molecule is CCn1cc(CS(=O)c2nc3ccc(N)cc3o2)cn1. The molecule has 6 nitrogen and oxygen atoms in total. The minimum Gasteiger partial charge on any atom is -0.430 e. The van der Waals surface area contributed by atoms with Crippen molar-refractivity contribution in [1.82, 2.24) is 14.8 Å². The van der Waals surface area contributed by atoms with E-state index in [0.717, 1.165) is 12.1 Å². The molecule has 20 heavy (non-hydrogen) atoms. The van der Waals surface area contributed by atoms with Crippen LogP contribution in [0.15, 0.2) is 40.2 Å². The Labute approximate surface area is 118 Å². The Kier molecular flexibility index (Phi) is 3.27. The molecule has 2 heterocycles. The molecular weight excluding hydrogens is 276 g/mol. The Bertz CT molecular complexity index is 778. The van der Waals surface area contributed by atoms with E-state index < -0.39 is 10.8 Å². The van der Waals surface area contributed by atoms with Crippen LogP contribution in [0.5, 0.6) is 0 Å². The number of rotatable bonds is 4. The molecule has 104 valence electrons. The monoisotopic (exact) mass is 290 g/mol. The summed E-state index contributed by atoms with van der Waals surface area (Å²) in [5, 5.41) is 4.37. The van der Waals surface area contributed by atoms with Gasteiger partial charge in [0.1, 0.15) is 16.3 Å². The van der Waals surface area contributed by atoms with Gasteiger partial charge in [-0.3, -0.25) is 4.68 Å². The lowest BCUT2D eigenvalue weighted by atomic mass is 10.3. The Morgan fingerprint density at radius 3 is 3.05 bits per heavy atom. The van der Waals surface area contributed by atoms with Crippen LogP contribution in [0.3, 0.4) is 0 Å². The molecule has 0 aliphatic carbocycles. The Balaban J connectivity index is 1.84.